The number of likely N-dealkylation sites (N-methyl/N-ethyl adjacent to an activating group) is 1. The van der Waals surface area contributed by atoms with E-state index in [1.165, 1.54) is 0 Å². The Labute approximate surface area is 122 Å². The second-order valence-electron chi connectivity index (χ2n) is 4.78. The normalized spacial score (nSPS) is 14.0. The Morgan fingerprint density at radius 1 is 1.50 bits per heavy atom. The molecule has 20 heavy (non-hydrogen) atoms. The van der Waals surface area contributed by atoms with Crippen LogP contribution in [0.15, 0.2) is 17.5 Å². The van der Waals surface area contributed by atoms with E-state index in [9.17, 15) is 9.59 Å². The third-order valence-electron chi connectivity index (χ3n) is 2.97. The van der Waals surface area contributed by atoms with Crippen molar-refractivity contribution in [3.63, 3.8) is 0 Å². The first-order chi connectivity index (χ1) is 9.41. The van der Waals surface area contributed by atoms with Gasteiger partial charge in [-0.1, -0.05) is 6.07 Å². The summed E-state index contributed by atoms with van der Waals surface area (Å²) in [5, 5.41) is 13.3. The van der Waals surface area contributed by atoms with Crippen molar-refractivity contribution in [2.75, 3.05) is 20.6 Å². The molecule has 2 atom stereocenters. The fraction of sp³-hybridized carbons (Fsp3) is 0.538. The van der Waals surface area contributed by atoms with Gasteiger partial charge in [0.25, 0.3) is 0 Å². The summed E-state index contributed by atoms with van der Waals surface area (Å²) in [6, 6.07) is 3.30. The first-order valence-electron chi connectivity index (χ1n) is 6.36. The number of rotatable bonds is 8. The maximum atomic E-state index is 11.8. The zero-order valence-corrected chi connectivity index (χ0v) is 12.5. The Kier molecular flexibility index (Phi) is 6.63. The minimum absolute atomic E-state index is 0.0885. The molecule has 0 fully saturated rings. The average molecular weight is 299 g/mol. The van der Waals surface area contributed by atoms with Crippen LogP contribution in [0, 0.1) is 0 Å². The van der Waals surface area contributed by atoms with Gasteiger partial charge in [-0.05, 0) is 32.0 Å². The number of thiophene rings is 1. The summed E-state index contributed by atoms with van der Waals surface area (Å²) in [6.07, 6.45) is 0.0451. The van der Waals surface area contributed by atoms with Gasteiger partial charge in [-0.25, -0.2) is 0 Å². The highest BCUT2D eigenvalue weighted by atomic mass is 32.1. The number of aliphatic carboxylic acids is 1. The van der Waals surface area contributed by atoms with E-state index < -0.39 is 12.0 Å². The Bertz CT molecular complexity index is 434. The van der Waals surface area contributed by atoms with Gasteiger partial charge in [0.05, 0.1) is 12.1 Å². The number of carbonyl (C=O) groups is 2. The number of carboxylic acids is 1. The van der Waals surface area contributed by atoms with E-state index >= 15 is 0 Å². The monoisotopic (exact) mass is 299 g/mol. The quantitative estimate of drug-likeness (QED) is 0.655. The second kappa shape index (κ2) is 7.98. The van der Waals surface area contributed by atoms with Gasteiger partial charge in [-0.3, -0.25) is 9.59 Å². The standard InChI is InChI=1S/C13H21N3O3S/c1-16(2)10(11-4-3-7-20-11)8-15-13(19)9(14)5-6-12(17)18/h3-4,7,9-10H,5-6,8,14H2,1-2H3,(H,15,19)(H,17,18). The largest absolute Gasteiger partial charge is 0.481 e. The van der Waals surface area contributed by atoms with E-state index in [0.717, 1.165) is 4.88 Å². The van der Waals surface area contributed by atoms with Crippen LogP contribution in [-0.2, 0) is 9.59 Å². The molecular formula is C13H21N3O3S. The van der Waals surface area contributed by atoms with Gasteiger partial charge in [0.1, 0.15) is 0 Å². The molecule has 0 aliphatic rings. The van der Waals surface area contributed by atoms with E-state index in [1.54, 1.807) is 11.3 Å². The number of nitrogens with two attached hydrogens (primary N) is 1. The highest BCUT2D eigenvalue weighted by Crippen LogP contribution is 2.22. The molecule has 1 heterocycles. The maximum absolute atomic E-state index is 11.8. The lowest BCUT2D eigenvalue weighted by molar-refractivity contribution is -0.137. The highest BCUT2D eigenvalue weighted by molar-refractivity contribution is 7.10. The van der Waals surface area contributed by atoms with Gasteiger partial charge < -0.3 is 21.1 Å². The molecule has 0 saturated heterocycles. The molecule has 0 radical (unpaired) electrons. The van der Waals surface area contributed by atoms with Crippen LogP contribution in [0.25, 0.3) is 0 Å². The van der Waals surface area contributed by atoms with Gasteiger partial charge in [-0.2, -0.15) is 0 Å². The minimum Gasteiger partial charge on any atom is -0.481 e. The van der Waals surface area contributed by atoms with Crippen LogP contribution >= 0.6 is 11.3 Å². The molecule has 2 unspecified atom stereocenters. The molecule has 1 rings (SSSR count). The van der Waals surface area contributed by atoms with E-state index in [4.69, 9.17) is 10.8 Å². The van der Waals surface area contributed by atoms with Crippen LogP contribution in [0.5, 0.6) is 0 Å². The zero-order valence-electron chi connectivity index (χ0n) is 11.7. The summed E-state index contributed by atoms with van der Waals surface area (Å²) >= 11 is 1.63. The van der Waals surface area contributed by atoms with Crippen molar-refractivity contribution in [2.24, 2.45) is 5.73 Å². The third kappa shape index (κ3) is 5.28. The summed E-state index contributed by atoms with van der Waals surface area (Å²) in [7, 11) is 3.89. The minimum atomic E-state index is -0.946. The molecule has 4 N–H and O–H groups in total. The van der Waals surface area contributed by atoms with Crippen LogP contribution in [0.3, 0.4) is 0 Å². The summed E-state index contributed by atoms with van der Waals surface area (Å²) < 4.78 is 0. The molecule has 1 amide bonds. The van der Waals surface area contributed by atoms with E-state index in [1.807, 2.05) is 36.5 Å². The van der Waals surface area contributed by atoms with Crippen LogP contribution in [0.4, 0.5) is 0 Å². The molecule has 1 aromatic heterocycles. The number of carbonyl (C=O) groups excluding carboxylic acids is 1. The van der Waals surface area contributed by atoms with Crippen LogP contribution < -0.4 is 11.1 Å². The smallest absolute Gasteiger partial charge is 0.303 e. The summed E-state index contributed by atoms with van der Waals surface area (Å²) in [6.45, 7) is 0.452. The van der Waals surface area contributed by atoms with E-state index in [0.29, 0.717) is 6.54 Å². The Morgan fingerprint density at radius 3 is 2.70 bits per heavy atom. The lowest BCUT2D eigenvalue weighted by atomic mass is 10.1. The molecule has 1 aromatic rings. The van der Waals surface area contributed by atoms with Gasteiger partial charge in [-0.15, -0.1) is 11.3 Å². The molecule has 0 saturated carbocycles. The van der Waals surface area contributed by atoms with Crippen molar-refractivity contribution in [1.82, 2.24) is 10.2 Å². The van der Waals surface area contributed by atoms with Gasteiger partial charge in [0.2, 0.25) is 5.91 Å². The fourth-order valence-corrected chi connectivity index (χ4v) is 2.68. The lowest BCUT2D eigenvalue weighted by Crippen LogP contribution is -2.43. The van der Waals surface area contributed by atoms with Gasteiger partial charge in [0.15, 0.2) is 0 Å². The van der Waals surface area contributed by atoms with Crippen molar-refractivity contribution >= 4 is 23.2 Å². The molecule has 6 nitrogen and oxygen atoms in total. The summed E-state index contributed by atoms with van der Waals surface area (Å²) in [5.74, 6) is -1.26. The first kappa shape index (κ1) is 16.6. The Morgan fingerprint density at radius 2 is 2.20 bits per heavy atom. The topological polar surface area (TPSA) is 95.7 Å². The molecule has 0 aliphatic heterocycles. The first-order valence-corrected chi connectivity index (χ1v) is 7.24. The molecule has 0 aliphatic carbocycles. The number of carboxylic acid groups (broad SMARTS) is 1. The molecular weight excluding hydrogens is 278 g/mol. The number of nitrogens with zero attached hydrogens (tertiary/aromatic N) is 1. The fourth-order valence-electron chi connectivity index (χ4n) is 1.76. The van der Waals surface area contributed by atoms with Gasteiger partial charge >= 0.3 is 5.97 Å². The van der Waals surface area contributed by atoms with E-state index in [-0.39, 0.29) is 24.8 Å². The van der Waals surface area contributed by atoms with Crippen molar-refractivity contribution in [3.05, 3.63) is 22.4 Å². The maximum Gasteiger partial charge on any atom is 0.303 e. The number of amides is 1. The molecule has 112 valence electrons. The number of nitrogens with one attached hydrogen (secondary N) is 1. The van der Waals surface area contributed by atoms with Crippen molar-refractivity contribution in [3.8, 4) is 0 Å². The second-order valence-corrected chi connectivity index (χ2v) is 5.76. The molecule has 0 spiro atoms. The van der Waals surface area contributed by atoms with Crippen molar-refractivity contribution in [1.29, 1.82) is 0 Å². The van der Waals surface area contributed by atoms with Crippen LogP contribution in [-0.4, -0.2) is 48.6 Å². The molecule has 7 heteroatoms. The zero-order chi connectivity index (χ0) is 15.1. The third-order valence-corrected chi connectivity index (χ3v) is 3.94. The van der Waals surface area contributed by atoms with Crippen molar-refractivity contribution in [2.45, 2.75) is 24.9 Å². The van der Waals surface area contributed by atoms with Crippen LogP contribution in [0.2, 0.25) is 0 Å². The highest BCUT2D eigenvalue weighted by Gasteiger charge is 2.19. The summed E-state index contributed by atoms with van der Waals surface area (Å²) in [5.41, 5.74) is 5.66. The Balaban J connectivity index is 2.47. The molecule has 0 bridgehead atoms. The Hall–Kier alpha value is -1.44. The predicted molar refractivity (Wildman–Crippen MR) is 78.6 cm³/mol. The van der Waals surface area contributed by atoms with Crippen LogP contribution in [0.1, 0.15) is 23.8 Å². The van der Waals surface area contributed by atoms with E-state index in [2.05, 4.69) is 5.32 Å². The molecule has 0 aromatic carbocycles. The average Bonchev–Trinajstić information content (AvgIpc) is 2.89. The lowest BCUT2D eigenvalue weighted by Gasteiger charge is -2.24. The predicted octanol–water partition coefficient (Wildman–Crippen LogP) is 0.659. The summed E-state index contributed by atoms with van der Waals surface area (Å²) in [4.78, 5) is 25.4. The van der Waals surface area contributed by atoms with Gasteiger partial charge in [0, 0.05) is 17.8 Å². The number of hydrogen-bond donors (Lipinski definition) is 3. The SMILES string of the molecule is CN(C)C(CNC(=O)C(N)CCC(=O)O)c1cccs1. The number of hydrogen-bond acceptors (Lipinski definition) is 5. The van der Waals surface area contributed by atoms with Crippen molar-refractivity contribution < 1.29 is 14.7 Å².